The molecule has 128 valence electrons. The highest BCUT2D eigenvalue weighted by Crippen LogP contribution is 2.33. The molecule has 1 aliphatic rings. The minimum absolute atomic E-state index is 0.0987. The van der Waals surface area contributed by atoms with E-state index in [0.717, 1.165) is 18.4 Å². The van der Waals surface area contributed by atoms with Crippen LogP contribution in [-0.4, -0.2) is 40.9 Å². The minimum Gasteiger partial charge on any atom is -0.478 e. The highest BCUT2D eigenvalue weighted by Gasteiger charge is 2.31. The summed E-state index contributed by atoms with van der Waals surface area (Å²) in [5.74, 6) is -0.958. The summed E-state index contributed by atoms with van der Waals surface area (Å²) in [4.78, 5) is 20.6. The van der Waals surface area contributed by atoms with Gasteiger partial charge in [-0.25, -0.2) is 4.79 Å². The topological polar surface area (TPSA) is 95.9 Å². The summed E-state index contributed by atoms with van der Waals surface area (Å²) in [5, 5.41) is 12.4. The average molecular weight is 341 g/mol. The van der Waals surface area contributed by atoms with Crippen LogP contribution in [0.2, 0.25) is 0 Å². The van der Waals surface area contributed by atoms with Crippen LogP contribution >= 0.6 is 8.03 Å². The molecule has 0 radical (unpaired) electrons. The standard InChI is InChI=1S/C16H24NO5P/c1-2-3-7-15(23(20)21)14-9-17-13(10-22-14)11-5-4-6-12(8-11)16(18)19/h4-6,8,13-15,17,23H,2-3,7,9-10H2,1H3,(H,18,19)(H,20,21)/t13-,14-,15?/m0/s1. The molecule has 0 amide bonds. The maximum atomic E-state index is 11.6. The summed E-state index contributed by atoms with van der Waals surface area (Å²) in [6.07, 6.45) is 2.31. The molecule has 6 nitrogen and oxygen atoms in total. The first kappa shape index (κ1) is 18.1. The van der Waals surface area contributed by atoms with Gasteiger partial charge in [-0.1, -0.05) is 31.9 Å². The molecule has 0 spiro atoms. The van der Waals surface area contributed by atoms with E-state index in [1.165, 1.54) is 0 Å². The number of benzene rings is 1. The van der Waals surface area contributed by atoms with Gasteiger partial charge in [0.15, 0.2) is 8.03 Å². The zero-order chi connectivity index (χ0) is 16.8. The first-order valence-corrected chi connectivity index (χ1v) is 9.37. The first-order chi connectivity index (χ1) is 11.0. The molecule has 0 bridgehead atoms. The molecule has 0 saturated carbocycles. The van der Waals surface area contributed by atoms with Gasteiger partial charge in [0.1, 0.15) is 0 Å². The molecular formula is C16H24NO5P. The second-order valence-electron chi connectivity index (χ2n) is 5.85. The van der Waals surface area contributed by atoms with E-state index in [2.05, 4.69) is 12.2 Å². The summed E-state index contributed by atoms with van der Waals surface area (Å²) in [6, 6.07) is 6.66. The van der Waals surface area contributed by atoms with Crippen LogP contribution in [0.5, 0.6) is 0 Å². The van der Waals surface area contributed by atoms with E-state index >= 15 is 0 Å². The third-order valence-corrected chi connectivity index (χ3v) is 5.51. The van der Waals surface area contributed by atoms with Crippen molar-refractivity contribution in [2.75, 3.05) is 13.2 Å². The molecule has 1 saturated heterocycles. The van der Waals surface area contributed by atoms with Crippen LogP contribution in [0.3, 0.4) is 0 Å². The van der Waals surface area contributed by atoms with E-state index < -0.39 is 14.0 Å². The Kier molecular flexibility index (Phi) is 6.78. The van der Waals surface area contributed by atoms with Gasteiger partial charge in [0.05, 0.1) is 30.0 Å². The van der Waals surface area contributed by atoms with E-state index in [0.29, 0.717) is 19.6 Å². The largest absolute Gasteiger partial charge is 0.478 e. The number of unbranched alkanes of at least 4 members (excludes halogenated alkanes) is 1. The fourth-order valence-corrected chi connectivity index (χ4v) is 3.83. The van der Waals surface area contributed by atoms with Gasteiger partial charge in [-0.05, 0) is 24.1 Å². The Hall–Kier alpha value is -1.20. The zero-order valence-corrected chi connectivity index (χ0v) is 14.2. The molecule has 0 aliphatic carbocycles. The van der Waals surface area contributed by atoms with Crippen molar-refractivity contribution < 1.29 is 24.1 Å². The van der Waals surface area contributed by atoms with E-state index in [1.54, 1.807) is 18.2 Å². The summed E-state index contributed by atoms with van der Waals surface area (Å²) >= 11 is 0. The normalized spacial score (nSPS) is 24.1. The highest BCUT2D eigenvalue weighted by molar-refractivity contribution is 7.39. The van der Waals surface area contributed by atoms with Crippen LogP contribution in [0.1, 0.15) is 48.1 Å². The maximum Gasteiger partial charge on any atom is 0.335 e. The van der Waals surface area contributed by atoms with Crippen molar-refractivity contribution in [1.29, 1.82) is 0 Å². The Morgan fingerprint density at radius 2 is 2.30 bits per heavy atom. The molecule has 3 N–H and O–H groups in total. The van der Waals surface area contributed by atoms with Crippen LogP contribution in [0.15, 0.2) is 24.3 Å². The van der Waals surface area contributed by atoms with Gasteiger partial charge in [0.2, 0.25) is 0 Å². The number of carbonyl (C=O) groups is 1. The first-order valence-electron chi connectivity index (χ1n) is 7.94. The van der Waals surface area contributed by atoms with E-state index in [9.17, 15) is 14.3 Å². The lowest BCUT2D eigenvalue weighted by atomic mass is 10.0. The number of ether oxygens (including phenoxy) is 1. The predicted molar refractivity (Wildman–Crippen MR) is 88.4 cm³/mol. The number of morpholine rings is 1. The van der Waals surface area contributed by atoms with Crippen molar-refractivity contribution in [3.8, 4) is 0 Å². The van der Waals surface area contributed by atoms with Crippen molar-refractivity contribution in [3.05, 3.63) is 35.4 Å². The number of carboxylic acids is 1. The quantitative estimate of drug-likeness (QED) is 0.659. The molecule has 1 aliphatic heterocycles. The lowest BCUT2D eigenvalue weighted by Gasteiger charge is -2.34. The third-order valence-electron chi connectivity index (χ3n) is 4.21. The third kappa shape index (κ3) is 4.88. The van der Waals surface area contributed by atoms with Gasteiger partial charge in [-0.15, -0.1) is 0 Å². The molecule has 2 rings (SSSR count). The molecule has 4 atom stereocenters. The van der Waals surface area contributed by atoms with Crippen molar-refractivity contribution >= 4 is 14.0 Å². The van der Waals surface area contributed by atoms with Crippen LogP contribution in [0.4, 0.5) is 0 Å². The van der Waals surface area contributed by atoms with Crippen LogP contribution in [-0.2, 0) is 9.30 Å². The predicted octanol–water partition coefficient (Wildman–Crippen LogP) is 2.44. The van der Waals surface area contributed by atoms with Gasteiger partial charge in [-0.2, -0.15) is 0 Å². The molecule has 1 aromatic carbocycles. The monoisotopic (exact) mass is 341 g/mol. The molecule has 7 heteroatoms. The molecule has 1 fully saturated rings. The Labute approximate surface area is 136 Å². The van der Waals surface area contributed by atoms with Crippen LogP contribution in [0.25, 0.3) is 0 Å². The number of carboxylic acid groups (broad SMARTS) is 1. The van der Waals surface area contributed by atoms with Crippen molar-refractivity contribution in [3.63, 3.8) is 0 Å². The molecule has 2 unspecified atom stereocenters. The van der Waals surface area contributed by atoms with Gasteiger partial charge >= 0.3 is 5.97 Å². The molecule has 1 aromatic rings. The number of hydrogen-bond donors (Lipinski definition) is 3. The average Bonchev–Trinajstić information content (AvgIpc) is 2.55. The van der Waals surface area contributed by atoms with Gasteiger partial charge < -0.3 is 20.1 Å². The van der Waals surface area contributed by atoms with Crippen molar-refractivity contribution in [1.82, 2.24) is 5.32 Å². The molecule has 0 aromatic heterocycles. The van der Waals surface area contributed by atoms with Gasteiger partial charge in [0.25, 0.3) is 0 Å². The van der Waals surface area contributed by atoms with E-state index in [1.807, 2.05) is 6.07 Å². The summed E-state index contributed by atoms with van der Waals surface area (Å²) < 4.78 is 17.4. The SMILES string of the molecule is CCCCC([C@@H]1CN[C@H](c2cccc(C(=O)O)c2)CO1)[PH](=O)O. The van der Waals surface area contributed by atoms with Gasteiger partial charge in [0, 0.05) is 6.54 Å². The summed E-state index contributed by atoms with van der Waals surface area (Å²) in [7, 11) is -2.64. The molecule has 1 heterocycles. The number of hydrogen-bond acceptors (Lipinski definition) is 4. The maximum absolute atomic E-state index is 11.6. The summed E-state index contributed by atoms with van der Waals surface area (Å²) in [5.41, 5.74) is 0.775. The highest BCUT2D eigenvalue weighted by atomic mass is 31.1. The number of rotatable bonds is 7. The van der Waals surface area contributed by atoms with Crippen LogP contribution in [0, 0.1) is 0 Å². The minimum atomic E-state index is -2.64. The van der Waals surface area contributed by atoms with Crippen molar-refractivity contribution in [2.45, 2.75) is 44.0 Å². The molecule has 23 heavy (non-hydrogen) atoms. The lowest BCUT2D eigenvalue weighted by Crippen LogP contribution is -2.45. The van der Waals surface area contributed by atoms with E-state index in [-0.39, 0.29) is 23.4 Å². The Morgan fingerprint density at radius 3 is 2.87 bits per heavy atom. The second kappa shape index (κ2) is 8.60. The number of aromatic carboxylic acids is 1. The molecular weight excluding hydrogens is 317 g/mol. The van der Waals surface area contributed by atoms with E-state index in [4.69, 9.17) is 9.84 Å². The fraction of sp³-hybridized carbons (Fsp3) is 0.562. The zero-order valence-electron chi connectivity index (χ0n) is 13.2. The summed E-state index contributed by atoms with van der Waals surface area (Å²) in [6.45, 7) is 2.91. The van der Waals surface area contributed by atoms with Gasteiger partial charge in [-0.3, -0.25) is 4.57 Å². The number of nitrogens with one attached hydrogen (secondary N) is 1. The van der Waals surface area contributed by atoms with Crippen LogP contribution < -0.4 is 5.32 Å². The Balaban J connectivity index is 1.98. The lowest BCUT2D eigenvalue weighted by molar-refractivity contribution is -0.000746. The second-order valence-corrected chi connectivity index (χ2v) is 7.27. The Morgan fingerprint density at radius 1 is 1.52 bits per heavy atom. The fourth-order valence-electron chi connectivity index (χ4n) is 2.85. The Bertz CT molecular complexity index is 557. The van der Waals surface area contributed by atoms with Crippen molar-refractivity contribution in [2.24, 2.45) is 0 Å². The smallest absolute Gasteiger partial charge is 0.335 e.